The van der Waals surface area contributed by atoms with Gasteiger partial charge in [0.05, 0.1) is 5.75 Å². The summed E-state index contributed by atoms with van der Waals surface area (Å²) in [5.74, 6) is -1.26. The fourth-order valence-electron chi connectivity index (χ4n) is 2.79. The van der Waals surface area contributed by atoms with Crippen LogP contribution in [0.5, 0.6) is 0 Å². The summed E-state index contributed by atoms with van der Waals surface area (Å²) in [7, 11) is -3.77. The zero-order valence-electron chi connectivity index (χ0n) is 14.8. The Hall–Kier alpha value is -1.69. The molecule has 0 bridgehead atoms. The van der Waals surface area contributed by atoms with Gasteiger partial charge in [0.15, 0.2) is 0 Å². The monoisotopic (exact) mass is 367 g/mol. The van der Waals surface area contributed by atoms with Crippen molar-refractivity contribution in [3.8, 4) is 0 Å². The van der Waals surface area contributed by atoms with E-state index in [-0.39, 0.29) is 23.4 Å². The first kappa shape index (κ1) is 19.6. The molecule has 0 radical (unpaired) electrons. The van der Waals surface area contributed by atoms with Crippen molar-refractivity contribution >= 4 is 15.9 Å². The van der Waals surface area contributed by atoms with Crippen molar-refractivity contribution in [3.05, 3.63) is 47.3 Å². The minimum absolute atomic E-state index is 0.143. The van der Waals surface area contributed by atoms with Gasteiger partial charge in [0.1, 0.15) is 5.82 Å². The van der Waals surface area contributed by atoms with Crippen LogP contribution in [0.25, 0.3) is 0 Å². The second-order valence-electron chi connectivity index (χ2n) is 6.74. The molecule has 1 saturated carbocycles. The van der Waals surface area contributed by atoms with Gasteiger partial charge in [-0.3, -0.25) is 9.52 Å². The van der Waals surface area contributed by atoms with Crippen molar-refractivity contribution in [2.24, 2.45) is 11.8 Å². The van der Waals surface area contributed by atoms with Gasteiger partial charge in [-0.15, -0.1) is 0 Å². The van der Waals surface area contributed by atoms with Gasteiger partial charge in [0.25, 0.3) is 0 Å². The summed E-state index contributed by atoms with van der Waals surface area (Å²) in [6, 6.07) is 4.14. The minimum atomic E-state index is -3.77. The summed E-state index contributed by atoms with van der Waals surface area (Å²) < 4.78 is 39.7. The molecule has 1 amide bonds. The van der Waals surface area contributed by atoms with Crippen LogP contribution in [-0.4, -0.2) is 14.3 Å². The molecule has 4 nitrogen and oxygen atoms in total. The quantitative estimate of drug-likeness (QED) is 0.533. The molecule has 0 saturated heterocycles. The molecule has 1 aliphatic carbocycles. The van der Waals surface area contributed by atoms with E-state index >= 15 is 0 Å². The molecule has 2 unspecified atom stereocenters. The molecule has 1 fully saturated rings. The maximum absolute atomic E-state index is 13.2. The molecule has 0 spiro atoms. The molecule has 2 rings (SSSR count). The lowest BCUT2D eigenvalue weighted by Crippen LogP contribution is -2.33. The molecule has 25 heavy (non-hydrogen) atoms. The van der Waals surface area contributed by atoms with Crippen LogP contribution in [0.1, 0.15) is 50.2 Å². The number of rotatable bonds is 9. The largest absolute Gasteiger partial charge is 0.274 e. The van der Waals surface area contributed by atoms with E-state index in [1.807, 2.05) is 6.08 Å². The van der Waals surface area contributed by atoms with Gasteiger partial charge < -0.3 is 0 Å². The lowest BCUT2D eigenvalue weighted by Gasteiger charge is -2.07. The van der Waals surface area contributed by atoms with E-state index in [9.17, 15) is 17.6 Å². The first-order valence-corrected chi connectivity index (χ1v) is 10.4. The number of carbonyl (C=O) groups is 1. The molecule has 0 heterocycles. The highest BCUT2D eigenvalue weighted by Crippen LogP contribution is 2.40. The van der Waals surface area contributed by atoms with E-state index in [2.05, 4.69) is 17.7 Å². The van der Waals surface area contributed by atoms with Gasteiger partial charge in [-0.05, 0) is 49.3 Å². The second-order valence-corrected chi connectivity index (χ2v) is 8.46. The van der Waals surface area contributed by atoms with Gasteiger partial charge in [-0.1, -0.05) is 44.1 Å². The number of sulfonamides is 1. The van der Waals surface area contributed by atoms with E-state index < -0.39 is 15.9 Å². The molecule has 138 valence electrons. The zero-order valence-corrected chi connectivity index (χ0v) is 15.6. The molecular formula is C19H26FNO3S. The molecule has 2 atom stereocenters. The van der Waals surface area contributed by atoms with Crippen LogP contribution in [0, 0.1) is 24.6 Å². The molecule has 0 aromatic heterocycles. The van der Waals surface area contributed by atoms with Crippen molar-refractivity contribution in [1.29, 1.82) is 0 Å². The number of benzene rings is 1. The lowest BCUT2D eigenvalue weighted by atomic mass is 10.1. The highest BCUT2D eigenvalue weighted by Gasteiger charge is 2.42. The van der Waals surface area contributed by atoms with Gasteiger partial charge in [-0.2, -0.15) is 0 Å². The number of aryl methyl sites for hydroxylation is 1. The van der Waals surface area contributed by atoms with E-state index in [4.69, 9.17) is 0 Å². The molecule has 1 aromatic carbocycles. The molecule has 1 aliphatic rings. The number of allylic oxidation sites excluding steroid dienone is 2. The Balaban J connectivity index is 1.82. The molecule has 1 N–H and O–H groups in total. The normalized spacial score (nSPS) is 20.0. The number of nitrogens with one attached hydrogen (secondary N) is 1. The summed E-state index contributed by atoms with van der Waals surface area (Å²) in [6.45, 7) is 3.73. The standard InChI is InChI=1S/C19H26FNO3S/c1-3-4-5-6-7-8-16-12-17(16)19(22)21-25(23,24)13-15-9-10-18(20)14(2)11-15/h7-11,16-17H,3-6,12-13H2,1-2H3,(H,21,22)/b8-7-. The number of hydrogen-bond donors (Lipinski definition) is 1. The number of unbranched alkanes of at least 4 members (excludes halogenated alkanes) is 3. The third kappa shape index (κ3) is 6.27. The van der Waals surface area contributed by atoms with Gasteiger partial charge in [-0.25, -0.2) is 12.8 Å². The van der Waals surface area contributed by atoms with Crippen molar-refractivity contribution < 1.29 is 17.6 Å². The average Bonchev–Trinajstić information content (AvgIpc) is 3.30. The summed E-state index contributed by atoms with van der Waals surface area (Å²) in [5, 5.41) is 0. The van der Waals surface area contributed by atoms with E-state index in [0.717, 1.165) is 12.8 Å². The van der Waals surface area contributed by atoms with E-state index in [1.54, 1.807) is 6.92 Å². The zero-order chi connectivity index (χ0) is 18.4. The Labute approximate surface area is 149 Å². The average molecular weight is 367 g/mol. The smallest absolute Gasteiger partial charge is 0.239 e. The van der Waals surface area contributed by atoms with E-state index in [1.165, 1.54) is 31.0 Å². The molecule has 1 aromatic rings. The maximum atomic E-state index is 13.2. The Morgan fingerprint density at radius 1 is 1.36 bits per heavy atom. The third-order valence-electron chi connectivity index (χ3n) is 4.37. The Morgan fingerprint density at radius 3 is 2.80 bits per heavy atom. The fourth-order valence-corrected chi connectivity index (χ4v) is 3.94. The minimum Gasteiger partial charge on any atom is -0.274 e. The predicted octanol–water partition coefficient (Wildman–Crippen LogP) is 3.85. The lowest BCUT2D eigenvalue weighted by molar-refractivity contribution is -0.120. The Bertz CT molecular complexity index is 743. The van der Waals surface area contributed by atoms with Crippen LogP contribution < -0.4 is 4.72 Å². The topological polar surface area (TPSA) is 63.2 Å². The van der Waals surface area contributed by atoms with Crippen molar-refractivity contribution in [1.82, 2.24) is 4.72 Å². The van der Waals surface area contributed by atoms with Gasteiger partial charge in [0, 0.05) is 5.92 Å². The van der Waals surface area contributed by atoms with Crippen LogP contribution in [0.2, 0.25) is 0 Å². The number of amides is 1. The number of hydrogen-bond acceptors (Lipinski definition) is 3. The Kier molecular flexibility index (Phi) is 6.76. The summed E-state index contributed by atoms with van der Waals surface area (Å²) in [4.78, 5) is 12.1. The van der Waals surface area contributed by atoms with Crippen LogP contribution >= 0.6 is 0 Å². The van der Waals surface area contributed by atoms with Gasteiger partial charge in [0.2, 0.25) is 15.9 Å². The van der Waals surface area contributed by atoms with Gasteiger partial charge >= 0.3 is 0 Å². The SMILES string of the molecule is CCCCC/C=C\C1CC1C(=O)NS(=O)(=O)Cc1ccc(F)c(C)c1. The van der Waals surface area contributed by atoms with E-state index in [0.29, 0.717) is 17.5 Å². The molecule has 0 aliphatic heterocycles. The summed E-state index contributed by atoms with van der Waals surface area (Å²) in [6.07, 6.45) is 9.32. The van der Waals surface area contributed by atoms with Crippen LogP contribution in [0.15, 0.2) is 30.4 Å². The first-order valence-electron chi connectivity index (χ1n) is 8.78. The first-order chi connectivity index (χ1) is 11.8. The summed E-state index contributed by atoms with van der Waals surface area (Å²) in [5.41, 5.74) is 0.844. The highest BCUT2D eigenvalue weighted by atomic mass is 32.2. The third-order valence-corrected chi connectivity index (χ3v) is 5.59. The number of carbonyl (C=O) groups excluding carboxylic acids is 1. The molecule has 6 heteroatoms. The van der Waals surface area contributed by atoms with Crippen LogP contribution in [-0.2, 0) is 20.6 Å². The predicted molar refractivity (Wildman–Crippen MR) is 96.8 cm³/mol. The molecular weight excluding hydrogens is 341 g/mol. The van der Waals surface area contributed by atoms with Crippen LogP contribution in [0.4, 0.5) is 4.39 Å². The highest BCUT2D eigenvalue weighted by molar-refractivity contribution is 7.89. The fraction of sp³-hybridized carbons (Fsp3) is 0.526. The van der Waals surface area contributed by atoms with Crippen molar-refractivity contribution in [2.75, 3.05) is 0 Å². The summed E-state index contributed by atoms with van der Waals surface area (Å²) >= 11 is 0. The maximum Gasteiger partial charge on any atom is 0.239 e. The van der Waals surface area contributed by atoms with Crippen LogP contribution in [0.3, 0.4) is 0 Å². The van der Waals surface area contributed by atoms with Crippen molar-refractivity contribution in [2.45, 2.75) is 51.7 Å². The number of halogens is 1. The second kappa shape index (κ2) is 8.61. The Morgan fingerprint density at radius 2 is 2.12 bits per heavy atom. The van der Waals surface area contributed by atoms with Crippen molar-refractivity contribution in [3.63, 3.8) is 0 Å².